The van der Waals surface area contributed by atoms with E-state index in [0.29, 0.717) is 13.6 Å². The molecular formula is C28H28N2O4. The van der Waals surface area contributed by atoms with Crippen molar-refractivity contribution < 1.29 is 18.9 Å². The second kappa shape index (κ2) is 8.22. The van der Waals surface area contributed by atoms with E-state index in [0.717, 1.165) is 75.1 Å². The van der Waals surface area contributed by atoms with Crippen LogP contribution in [0.3, 0.4) is 0 Å². The lowest BCUT2D eigenvalue weighted by Gasteiger charge is -2.15. The van der Waals surface area contributed by atoms with Gasteiger partial charge in [-0.15, -0.1) is 0 Å². The number of benzene rings is 3. The summed E-state index contributed by atoms with van der Waals surface area (Å²) in [6.45, 7) is 6.96. The Morgan fingerprint density at radius 1 is 0.500 bits per heavy atom. The topological polar surface area (TPSA) is 43.4 Å². The second-order valence-electron chi connectivity index (χ2n) is 9.69. The minimum Gasteiger partial charge on any atom is -0.454 e. The van der Waals surface area contributed by atoms with Crippen molar-refractivity contribution in [3.05, 3.63) is 81.9 Å². The van der Waals surface area contributed by atoms with Gasteiger partial charge in [0.05, 0.1) is 0 Å². The first kappa shape index (κ1) is 20.2. The molecule has 0 atom stereocenters. The van der Waals surface area contributed by atoms with E-state index in [9.17, 15) is 0 Å². The van der Waals surface area contributed by atoms with Gasteiger partial charge >= 0.3 is 0 Å². The lowest BCUT2D eigenvalue weighted by atomic mass is 10.0. The molecule has 0 saturated carbocycles. The van der Waals surface area contributed by atoms with Gasteiger partial charge in [-0.05, 0) is 70.5 Å². The van der Waals surface area contributed by atoms with Crippen molar-refractivity contribution in [3.8, 4) is 23.0 Å². The molecule has 4 aliphatic heterocycles. The Bertz CT molecular complexity index is 1130. The van der Waals surface area contributed by atoms with Crippen molar-refractivity contribution in [2.24, 2.45) is 0 Å². The summed E-state index contributed by atoms with van der Waals surface area (Å²) in [6, 6.07) is 17.5. The van der Waals surface area contributed by atoms with E-state index in [1.54, 1.807) is 0 Å². The molecule has 0 fully saturated rings. The van der Waals surface area contributed by atoms with Gasteiger partial charge in [-0.2, -0.15) is 0 Å². The van der Waals surface area contributed by atoms with E-state index in [-0.39, 0.29) is 0 Å². The third kappa shape index (κ3) is 3.77. The highest BCUT2D eigenvalue weighted by atomic mass is 16.7. The Hall–Kier alpha value is -3.22. The van der Waals surface area contributed by atoms with Crippen LogP contribution >= 0.6 is 0 Å². The summed E-state index contributed by atoms with van der Waals surface area (Å²) in [5.74, 6) is 3.47. The molecule has 4 aliphatic rings. The van der Waals surface area contributed by atoms with Gasteiger partial charge < -0.3 is 18.9 Å². The average Bonchev–Trinajstić information content (AvgIpc) is 3.64. The zero-order valence-electron chi connectivity index (χ0n) is 19.2. The predicted molar refractivity (Wildman–Crippen MR) is 127 cm³/mol. The first-order chi connectivity index (χ1) is 16.8. The molecule has 0 unspecified atom stereocenters. The molecular weight excluding hydrogens is 428 g/mol. The molecule has 34 heavy (non-hydrogen) atoms. The van der Waals surface area contributed by atoms with Crippen LogP contribution < -0.4 is 18.9 Å². The van der Waals surface area contributed by atoms with Crippen molar-refractivity contribution in [2.45, 2.75) is 39.0 Å². The lowest BCUT2D eigenvalue weighted by Crippen LogP contribution is -2.20. The molecule has 6 nitrogen and oxygen atoms in total. The number of hydrogen-bond donors (Lipinski definition) is 0. The Kier molecular flexibility index (Phi) is 4.88. The van der Waals surface area contributed by atoms with Crippen LogP contribution in [0.2, 0.25) is 0 Å². The summed E-state index contributed by atoms with van der Waals surface area (Å²) in [5.41, 5.74) is 8.62. The second-order valence-corrected chi connectivity index (χ2v) is 9.69. The van der Waals surface area contributed by atoms with E-state index in [2.05, 4.69) is 46.2 Å². The maximum absolute atomic E-state index is 5.52. The average molecular weight is 457 g/mol. The number of nitrogens with zero attached hydrogens (tertiary/aromatic N) is 2. The van der Waals surface area contributed by atoms with Gasteiger partial charge in [0.25, 0.3) is 0 Å². The van der Waals surface area contributed by atoms with E-state index in [4.69, 9.17) is 18.9 Å². The van der Waals surface area contributed by atoms with Crippen LogP contribution in [0.15, 0.2) is 48.5 Å². The lowest BCUT2D eigenvalue weighted by molar-refractivity contribution is 0.173. The minimum atomic E-state index is 0.334. The monoisotopic (exact) mass is 456 g/mol. The largest absolute Gasteiger partial charge is 0.454 e. The number of fused-ring (bicyclic) bond motifs is 4. The van der Waals surface area contributed by atoms with Gasteiger partial charge in [0.2, 0.25) is 13.6 Å². The highest BCUT2D eigenvalue weighted by molar-refractivity contribution is 5.46. The van der Waals surface area contributed by atoms with Gasteiger partial charge in [-0.3, -0.25) is 9.80 Å². The minimum absolute atomic E-state index is 0.334. The van der Waals surface area contributed by atoms with Gasteiger partial charge in [0.1, 0.15) is 0 Å². The Labute approximate surface area is 199 Å². The molecule has 7 rings (SSSR count). The standard InChI is InChI=1S/C28H28N2O4/c1-3-25-27(33-17-31-25)9-19(1)5-7-29-13-21-11-23-15-30(16-24(23)12-22(21)14-29)8-6-20-2-4-26-28(10-20)34-18-32-26/h1-4,9-12H,5-8,13-18H2. The summed E-state index contributed by atoms with van der Waals surface area (Å²) < 4.78 is 21.9. The Morgan fingerprint density at radius 2 is 0.912 bits per heavy atom. The highest BCUT2D eigenvalue weighted by Gasteiger charge is 2.25. The van der Waals surface area contributed by atoms with E-state index < -0.39 is 0 Å². The summed E-state index contributed by atoms with van der Waals surface area (Å²) in [4.78, 5) is 5.11. The van der Waals surface area contributed by atoms with Gasteiger partial charge in [-0.1, -0.05) is 24.3 Å². The van der Waals surface area contributed by atoms with Crippen molar-refractivity contribution in [1.82, 2.24) is 9.80 Å². The van der Waals surface area contributed by atoms with Crippen LogP contribution in [0, 0.1) is 0 Å². The molecule has 3 aromatic carbocycles. The quantitative estimate of drug-likeness (QED) is 0.552. The number of hydrogen-bond acceptors (Lipinski definition) is 6. The van der Waals surface area contributed by atoms with Crippen molar-refractivity contribution in [2.75, 3.05) is 26.7 Å². The SMILES string of the molecule is c1cc2c(cc1CCN1Cc3cc4c(cc3C1)CN(CCc1ccc3c(c1)OCO3)C4)OCO2. The van der Waals surface area contributed by atoms with E-state index >= 15 is 0 Å². The summed E-state index contributed by atoms with van der Waals surface area (Å²) in [5, 5.41) is 0. The summed E-state index contributed by atoms with van der Waals surface area (Å²) in [6.07, 6.45) is 2.05. The van der Waals surface area contributed by atoms with Crippen LogP contribution in [0.1, 0.15) is 33.4 Å². The smallest absolute Gasteiger partial charge is 0.231 e. The molecule has 3 aromatic rings. The van der Waals surface area contributed by atoms with Crippen molar-refractivity contribution in [3.63, 3.8) is 0 Å². The van der Waals surface area contributed by atoms with Crippen LogP contribution in [-0.4, -0.2) is 36.5 Å². The van der Waals surface area contributed by atoms with Crippen LogP contribution in [0.4, 0.5) is 0 Å². The van der Waals surface area contributed by atoms with Gasteiger partial charge in [0, 0.05) is 39.3 Å². The fraction of sp³-hybridized carbons (Fsp3) is 0.357. The predicted octanol–water partition coefficient (Wildman–Crippen LogP) is 4.26. The molecule has 0 N–H and O–H groups in total. The maximum Gasteiger partial charge on any atom is 0.231 e. The molecule has 0 saturated heterocycles. The molecule has 0 amide bonds. The Balaban J connectivity index is 0.946. The fourth-order valence-electron chi connectivity index (χ4n) is 5.54. The summed E-state index contributed by atoms with van der Waals surface area (Å²) in [7, 11) is 0. The molecule has 0 aliphatic carbocycles. The summed E-state index contributed by atoms with van der Waals surface area (Å²) >= 11 is 0. The van der Waals surface area contributed by atoms with E-state index in [1.807, 2.05) is 12.1 Å². The van der Waals surface area contributed by atoms with Gasteiger partial charge in [0.15, 0.2) is 23.0 Å². The molecule has 0 spiro atoms. The molecule has 0 aromatic heterocycles. The number of rotatable bonds is 6. The third-order valence-electron chi connectivity index (χ3n) is 7.41. The van der Waals surface area contributed by atoms with Crippen LogP contribution in [-0.2, 0) is 39.0 Å². The zero-order chi connectivity index (χ0) is 22.5. The molecule has 0 radical (unpaired) electrons. The molecule has 0 bridgehead atoms. The molecule has 174 valence electrons. The molecule has 6 heteroatoms. The normalized spacial score (nSPS) is 17.9. The molecule has 4 heterocycles. The van der Waals surface area contributed by atoms with Gasteiger partial charge in [-0.25, -0.2) is 0 Å². The number of ether oxygens (including phenoxy) is 4. The van der Waals surface area contributed by atoms with E-state index in [1.165, 1.54) is 33.4 Å². The van der Waals surface area contributed by atoms with Crippen LogP contribution in [0.5, 0.6) is 23.0 Å². The maximum atomic E-state index is 5.52. The zero-order valence-corrected chi connectivity index (χ0v) is 19.2. The first-order valence-corrected chi connectivity index (χ1v) is 12.1. The highest BCUT2D eigenvalue weighted by Crippen LogP contribution is 2.35. The third-order valence-corrected chi connectivity index (χ3v) is 7.41. The Morgan fingerprint density at radius 3 is 1.35 bits per heavy atom. The van der Waals surface area contributed by atoms with Crippen molar-refractivity contribution >= 4 is 0 Å². The first-order valence-electron chi connectivity index (χ1n) is 12.1. The fourth-order valence-corrected chi connectivity index (χ4v) is 5.54. The van der Waals surface area contributed by atoms with Crippen molar-refractivity contribution in [1.29, 1.82) is 0 Å². The van der Waals surface area contributed by atoms with Crippen LogP contribution in [0.25, 0.3) is 0 Å².